The van der Waals surface area contributed by atoms with E-state index in [2.05, 4.69) is 28.8 Å². The first kappa shape index (κ1) is 40.8. The fraction of sp³-hybridized carbons (Fsp3) is 0.900. The monoisotopic (exact) mass is 601 g/mol. The van der Waals surface area contributed by atoms with Gasteiger partial charge in [0, 0.05) is 6.67 Å². The van der Waals surface area contributed by atoms with Crippen molar-refractivity contribution in [2.75, 3.05) is 13.3 Å². The van der Waals surface area contributed by atoms with Gasteiger partial charge < -0.3 is 54.2 Å². The smallest absolute Gasteiger partial charge is 0.790 e. The maximum atomic E-state index is 11.6. The second kappa shape index (κ2) is 16.3. The van der Waals surface area contributed by atoms with E-state index in [4.69, 9.17) is 10.5 Å². The van der Waals surface area contributed by atoms with E-state index in [-0.39, 0.29) is 118 Å². The van der Waals surface area contributed by atoms with Crippen LogP contribution in [0.25, 0.3) is 0 Å². The van der Waals surface area contributed by atoms with Crippen molar-refractivity contribution in [1.29, 1.82) is 0 Å². The second-order valence-corrected chi connectivity index (χ2v) is 10.9. The number of phosphoric acid groups is 3. The Kier molecular flexibility index (Phi) is 19.0. The number of fused-ring (bicyclic) bond motifs is 1. The van der Waals surface area contributed by atoms with Crippen molar-refractivity contribution in [3.63, 3.8) is 0 Å². The Morgan fingerprint density at radius 3 is 2.20 bits per heavy atom. The summed E-state index contributed by atoms with van der Waals surface area (Å²) in [4.78, 5) is 49.0. The molecular weight excluding hydrogens is 583 g/mol. The first-order valence-electron chi connectivity index (χ1n) is 8.45. The summed E-state index contributed by atoms with van der Waals surface area (Å²) >= 11 is 0. The normalized spacial score (nSPS) is 35.3. The van der Waals surface area contributed by atoms with Crippen LogP contribution in [0.1, 0.15) is 0 Å². The van der Waals surface area contributed by atoms with Crippen molar-refractivity contribution in [3.05, 3.63) is 0 Å². The third kappa shape index (κ3) is 11.4. The minimum absolute atomic E-state index is 0. The van der Waals surface area contributed by atoms with Crippen LogP contribution in [-0.4, -0.2) is 77.6 Å². The Balaban J connectivity index is 0. The molecule has 2 fully saturated rings. The molecule has 3 rings (SSSR count). The number of hydrogen-bond acceptors (Lipinski definition) is 18. The Morgan fingerprint density at radius 2 is 1.63 bits per heavy atom. The largest absolute Gasteiger partial charge is 1.00 e. The van der Waals surface area contributed by atoms with E-state index in [0.29, 0.717) is 6.67 Å². The standard InChI is InChI=1S/C10H22N5O13P3.4Na/c11-8-5-9(13-2-12-8)15(3-14-5)10-7(17)6(16)4(26-10)1-25-30(21,22)28-31(23,24)27-29(18,19)20;;;;/h3-10,12-13,16-17H,1-2,11H2,(H,21,22)(H,23,24)(H2,18,19,20);;;;/q;4*+1/p-4. The minimum atomic E-state index is -6.12. The number of aliphatic hydroxyl groups excluding tert-OH is 2. The van der Waals surface area contributed by atoms with Crippen LogP contribution in [0, 0.1) is 0 Å². The number of aliphatic hydroxyl groups is 2. The van der Waals surface area contributed by atoms with Crippen LogP contribution >= 0.6 is 23.5 Å². The molecule has 9 atom stereocenters. The topological polar surface area (TPSA) is 287 Å². The molecule has 0 radical (unpaired) electrons. The molecule has 2 saturated heterocycles. The molecule has 0 saturated carbocycles. The van der Waals surface area contributed by atoms with Gasteiger partial charge in [0.25, 0.3) is 15.6 Å². The maximum Gasteiger partial charge on any atom is 1.00 e. The van der Waals surface area contributed by atoms with Gasteiger partial charge in [-0.15, -0.1) is 0 Å². The zero-order chi connectivity index (χ0) is 23.2. The molecule has 0 aromatic heterocycles. The van der Waals surface area contributed by atoms with Crippen LogP contribution in [0.15, 0.2) is 4.99 Å². The molecule has 3 aliphatic rings. The van der Waals surface area contributed by atoms with E-state index >= 15 is 0 Å². The van der Waals surface area contributed by atoms with Crippen molar-refractivity contribution in [3.8, 4) is 0 Å². The molecule has 0 aromatic rings. The van der Waals surface area contributed by atoms with Crippen molar-refractivity contribution >= 4 is 29.8 Å². The van der Waals surface area contributed by atoms with Crippen LogP contribution < -0.4 is 154 Å². The molecule has 0 aliphatic carbocycles. The number of ether oxygens (including phenoxy) is 1. The zero-order valence-electron chi connectivity index (χ0n) is 19.2. The third-order valence-electron chi connectivity index (χ3n) is 4.46. The summed E-state index contributed by atoms with van der Waals surface area (Å²) in [5.74, 6) is 0. The quantitative estimate of drug-likeness (QED) is 0.127. The van der Waals surface area contributed by atoms with Crippen LogP contribution in [0.2, 0.25) is 0 Å². The van der Waals surface area contributed by atoms with Gasteiger partial charge in [0.05, 0.1) is 26.9 Å². The molecule has 0 spiro atoms. The summed E-state index contributed by atoms with van der Waals surface area (Å²) in [6.45, 7) is -0.719. The Morgan fingerprint density at radius 1 is 1.03 bits per heavy atom. The van der Waals surface area contributed by atoms with Crippen LogP contribution in [0.4, 0.5) is 0 Å². The van der Waals surface area contributed by atoms with Gasteiger partial charge >= 0.3 is 118 Å². The number of hydrogen-bond donors (Lipinski definition) is 5. The van der Waals surface area contributed by atoms with Gasteiger partial charge in [0.1, 0.15) is 30.5 Å². The van der Waals surface area contributed by atoms with Crippen LogP contribution in [0.5, 0.6) is 0 Å². The Bertz CT molecular complexity index is 859. The SMILES string of the molecule is NC1NCNC2C1N=CN2C1OC(COP(=O)([O-])OP(=O)([O-])OP(=O)([O-])[O-])C(O)C1O.[Na+].[Na+].[Na+].[Na+]. The molecule has 3 heterocycles. The van der Waals surface area contributed by atoms with Crippen molar-refractivity contribution in [2.45, 2.75) is 42.9 Å². The fourth-order valence-electron chi connectivity index (χ4n) is 3.19. The molecule has 0 aromatic carbocycles. The van der Waals surface area contributed by atoms with Gasteiger partial charge in [-0.2, -0.15) is 0 Å². The van der Waals surface area contributed by atoms with E-state index in [0.717, 1.165) is 0 Å². The van der Waals surface area contributed by atoms with E-state index in [9.17, 15) is 43.5 Å². The Labute approximate surface area is 288 Å². The molecule has 35 heavy (non-hydrogen) atoms. The summed E-state index contributed by atoms with van der Waals surface area (Å²) in [6, 6.07) is -0.448. The van der Waals surface area contributed by atoms with Gasteiger partial charge in [-0.3, -0.25) is 29.1 Å². The van der Waals surface area contributed by atoms with Gasteiger partial charge in [-0.25, -0.2) is 4.31 Å². The van der Waals surface area contributed by atoms with E-state index in [1.807, 2.05) is 0 Å². The zero-order valence-corrected chi connectivity index (χ0v) is 29.9. The molecule has 6 N–H and O–H groups in total. The third-order valence-corrected chi connectivity index (χ3v) is 8.13. The minimum Gasteiger partial charge on any atom is -0.790 e. The number of aliphatic imine (C=N–C) groups is 1. The van der Waals surface area contributed by atoms with Crippen molar-refractivity contribution in [2.24, 2.45) is 10.7 Å². The van der Waals surface area contributed by atoms with E-state index in [1.165, 1.54) is 11.2 Å². The van der Waals surface area contributed by atoms with Crippen LogP contribution in [-0.2, 0) is 31.6 Å². The predicted octanol–water partition coefficient (Wildman–Crippen LogP) is -18.3. The first-order valence-corrected chi connectivity index (χ1v) is 12.8. The molecule has 9 unspecified atom stereocenters. The molecule has 180 valence electrons. The van der Waals surface area contributed by atoms with Gasteiger partial charge in [-0.05, 0) is 0 Å². The molecule has 0 amide bonds. The Hall–Kier alpha value is 3.64. The maximum absolute atomic E-state index is 11.6. The first-order chi connectivity index (χ1) is 14.2. The summed E-state index contributed by atoms with van der Waals surface area (Å²) < 4.78 is 49.2. The van der Waals surface area contributed by atoms with Crippen molar-refractivity contribution < 1.29 is 180 Å². The average Bonchev–Trinajstić information content (AvgIpc) is 3.13. The number of rotatable bonds is 8. The van der Waals surface area contributed by atoms with Gasteiger partial charge in [0.2, 0.25) is 0 Å². The number of nitrogens with one attached hydrogen (secondary N) is 2. The second-order valence-electron chi connectivity index (χ2n) is 6.60. The number of phosphoric ester groups is 1. The summed E-state index contributed by atoms with van der Waals surface area (Å²) in [5, 5.41) is 26.4. The molecule has 0 bridgehead atoms. The average molecular weight is 601 g/mol. The van der Waals surface area contributed by atoms with Crippen molar-refractivity contribution in [1.82, 2.24) is 15.5 Å². The van der Waals surface area contributed by atoms with E-state index in [1.54, 1.807) is 0 Å². The molecular formula is C10H18N5Na4O13P3. The molecule has 25 heteroatoms. The summed E-state index contributed by atoms with van der Waals surface area (Å²) in [5.41, 5.74) is 5.90. The van der Waals surface area contributed by atoms with Gasteiger partial charge in [-0.1, -0.05) is 0 Å². The summed E-state index contributed by atoms with van der Waals surface area (Å²) in [7, 11) is -18.0. The van der Waals surface area contributed by atoms with Crippen LogP contribution in [0.3, 0.4) is 0 Å². The molecule has 18 nitrogen and oxygen atoms in total. The predicted molar refractivity (Wildman–Crippen MR) is 88.6 cm³/mol. The molecule has 3 aliphatic heterocycles. The number of nitrogens with zero attached hydrogens (tertiary/aromatic N) is 2. The fourth-order valence-corrected chi connectivity index (χ4v) is 6.05. The summed E-state index contributed by atoms with van der Waals surface area (Å²) in [6.07, 6.45) is -5.59. The van der Waals surface area contributed by atoms with E-state index < -0.39 is 73.0 Å². The number of nitrogens with two attached hydrogens (primary N) is 1. The van der Waals surface area contributed by atoms with Gasteiger partial charge in [0.15, 0.2) is 6.23 Å².